The fraction of sp³-hybridized carbons (Fsp3) is 0.421. The molecular formula is C19H20N2O3S. The Balaban J connectivity index is 1.56. The Kier molecular flexibility index (Phi) is 4.07. The van der Waals surface area contributed by atoms with Gasteiger partial charge in [-0.1, -0.05) is 6.07 Å². The smallest absolute Gasteiger partial charge is 0.308 e. The van der Waals surface area contributed by atoms with Crippen LogP contribution in [0.25, 0.3) is 10.6 Å². The summed E-state index contributed by atoms with van der Waals surface area (Å²) in [5.74, 6) is -0.748. The molecule has 3 heterocycles. The monoisotopic (exact) mass is 356 g/mol. The molecule has 2 fully saturated rings. The van der Waals surface area contributed by atoms with Crippen LogP contribution in [-0.4, -0.2) is 40.0 Å². The SMILES string of the molecule is Cc1nc(-c2cccs2)ccc1C(=O)N1C[C@H](C(=O)O)[C@@H](C2CC2)C1. The summed E-state index contributed by atoms with van der Waals surface area (Å²) < 4.78 is 0. The van der Waals surface area contributed by atoms with Crippen molar-refractivity contribution in [3.63, 3.8) is 0 Å². The Morgan fingerprint density at radius 1 is 1.24 bits per heavy atom. The first kappa shape index (κ1) is 16.3. The van der Waals surface area contributed by atoms with E-state index in [-0.39, 0.29) is 11.8 Å². The predicted molar refractivity (Wildman–Crippen MR) is 95.5 cm³/mol. The molecule has 0 spiro atoms. The lowest BCUT2D eigenvalue weighted by atomic mass is 9.92. The number of pyridine rings is 1. The van der Waals surface area contributed by atoms with Gasteiger partial charge in [0.2, 0.25) is 0 Å². The highest BCUT2D eigenvalue weighted by Crippen LogP contribution is 2.44. The molecule has 25 heavy (non-hydrogen) atoms. The Hall–Kier alpha value is -2.21. The van der Waals surface area contributed by atoms with Crippen molar-refractivity contribution in [2.45, 2.75) is 19.8 Å². The number of aromatic nitrogens is 1. The normalized spacial score (nSPS) is 23.0. The fourth-order valence-electron chi connectivity index (χ4n) is 3.78. The standard InChI is InChI=1S/C19H20N2O3S/c1-11-13(6-7-16(20-11)17-3-2-8-25-17)18(22)21-9-14(12-4-5-12)15(10-21)19(23)24/h2-3,6-8,12,14-15H,4-5,9-10H2,1H3,(H,23,24)/t14-,15+/m1/s1. The van der Waals surface area contributed by atoms with Crippen molar-refractivity contribution >= 4 is 23.2 Å². The first-order valence-electron chi connectivity index (χ1n) is 8.58. The summed E-state index contributed by atoms with van der Waals surface area (Å²) in [5.41, 5.74) is 2.13. The fourth-order valence-corrected chi connectivity index (χ4v) is 4.47. The number of likely N-dealkylation sites (tertiary alicyclic amines) is 1. The number of aliphatic carboxylic acids is 1. The van der Waals surface area contributed by atoms with Gasteiger partial charge in [-0.2, -0.15) is 0 Å². The van der Waals surface area contributed by atoms with Crippen LogP contribution in [0, 0.1) is 24.7 Å². The second-order valence-corrected chi connectivity index (χ2v) is 7.91. The molecule has 5 nitrogen and oxygen atoms in total. The number of aryl methyl sites for hydroxylation is 1. The molecule has 1 saturated carbocycles. The van der Waals surface area contributed by atoms with Crippen LogP contribution < -0.4 is 0 Å². The summed E-state index contributed by atoms with van der Waals surface area (Å²) in [5, 5.41) is 11.5. The molecule has 0 unspecified atom stereocenters. The Morgan fingerprint density at radius 2 is 2.04 bits per heavy atom. The average molecular weight is 356 g/mol. The first-order chi connectivity index (χ1) is 12.0. The van der Waals surface area contributed by atoms with Crippen LogP contribution in [0.3, 0.4) is 0 Å². The van der Waals surface area contributed by atoms with E-state index in [1.165, 1.54) is 0 Å². The second kappa shape index (κ2) is 6.26. The summed E-state index contributed by atoms with van der Waals surface area (Å²) in [6.07, 6.45) is 2.18. The minimum Gasteiger partial charge on any atom is -0.481 e. The first-order valence-corrected chi connectivity index (χ1v) is 9.46. The minimum absolute atomic E-state index is 0.0973. The number of carbonyl (C=O) groups excluding carboxylic acids is 1. The van der Waals surface area contributed by atoms with Crippen molar-refractivity contribution in [3.05, 3.63) is 40.9 Å². The van der Waals surface area contributed by atoms with Crippen molar-refractivity contribution in [2.75, 3.05) is 13.1 Å². The van der Waals surface area contributed by atoms with Crippen LogP contribution >= 0.6 is 11.3 Å². The molecule has 2 aromatic rings. The van der Waals surface area contributed by atoms with Crippen molar-refractivity contribution < 1.29 is 14.7 Å². The van der Waals surface area contributed by atoms with Gasteiger partial charge in [-0.3, -0.25) is 14.6 Å². The number of carboxylic acids is 1. The molecule has 0 radical (unpaired) electrons. The van der Waals surface area contributed by atoms with E-state index in [1.54, 1.807) is 16.2 Å². The van der Waals surface area contributed by atoms with E-state index in [1.807, 2.05) is 36.6 Å². The Bertz CT molecular complexity index is 814. The number of nitrogens with zero attached hydrogens (tertiary/aromatic N) is 2. The topological polar surface area (TPSA) is 70.5 Å². The van der Waals surface area contributed by atoms with Crippen LogP contribution in [0.1, 0.15) is 28.9 Å². The highest BCUT2D eigenvalue weighted by molar-refractivity contribution is 7.13. The summed E-state index contributed by atoms with van der Waals surface area (Å²) in [6.45, 7) is 2.70. The van der Waals surface area contributed by atoms with Crippen LogP contribution in [0.5, 0.6) is 0 Å². The third-order valence-corrected chi connectivity index (χ3v) is 6.18. The van der Waals surface area contributed by atoms with Gasteiger partial charge in [-0.25, -0.2) is 0 Å². The largest absolute Gasteiger partial charge is 0.481 e. The van der Waals surface area contributed by atoms with Gasteiger partial charge in [0.05, 0.1) is 27.7 Å². The van der Waals surface area contributed by atoms with E-state index >= 15 is 0 Å². The average Bonchev–Trinajstić information content (AvgIpc) is 3.12. The zero-order valence-electron chi connectivity index (χ0n) is 14.0. The van der Waals surface area contributed by atoms with Crippen LogP contribution in [-0.2, 0) is 4.79 Å². The number of rotatable bonds is 4. The molecule has 1 saturated heterocycles. The molecule has 130 valence electrons. The van der Waals surface area contributed by atoms with E-state index in [4.69, 9.17) is 0 Å². The van der Waals surface area contributed by atoms with Crippen molar-refractivity contribution in [3.8, 4) is 10.6 Å². The van der Waals surface area contributed by atoms with E-state index in [2.05, 4.69) is 4.98 Å². The minimum atomic E-state index is -0.782. The van der Waals surface area contributed by atoms with Crippen molar-refractivity contribution in [1.29, 1.82) is 0 Å². The number of carboxylic acid groups (broad SMARTS) is 1. The van der Waals surface area contributed by atoms with Gasteiger partial charge in [-0.05, 0) is 55.2 Å². The zero-order chi connectivity index (χ0) is 17.6. The van der Waals surface area contributed by atoms with Gasteiger partial charge in [0.15, 0.2) is 0 Å². The van der Waals surface area contributed by atoms with Crippen LogP contribution in [0.2, 0.25) is 0 Å². The van der Waals surface area contributed by atoms with Gasteiger partial charge in [-0.15, -0.1) is 11.3 Å². The molecule has 1 aliphatic heterocycles. The molecule has 1 aliphatic carbocycles. The molecule has 2 aromatic heterocycles. The van der Waals surface area contributed by atoms with Crippen LogP contribution in [0.4, 0.5) is 0 Å². The quantitative estimate of drug-likeness (QED) is 0.912. The summed E-state index contributed by atoms with van der Waals surface area (Å²) >= 11 is 1.62. The number of amides is 1. The molecule has 4 rings (SSSR count). The number of carbonyl (C=O) groups is 2. The number of thiophene rings is 1. The number of hydrogen-bond donors (Lipinski definition) is 1. The molecule has 2 aliphatic rings. The van der Waals surface area contributed by atoms with E-state index in [0.717, 1.165) is 23.4 Å². The third kappa shape index (κ3) is 3.06. The van der Waals surface area contributed by atoms with Crippen molar-refractivity contribution in [2.24, 2.45) is 17.8 Å². The molecule has 2 atom stereocenters. The second-order valence-electron chi connectivity index (χ2n) is 6.96. The molecule has 0 bridgehead atoms. The summed E-state index contributed by atoms with van der Waals surface area (Å²) in [6, 6.07) is 7.67. The molecule has 0 aromatic carbocycles. The Morgan fingerprint density at radius 3 is 2.64 bits per heavy atom. The van der Waals surface area contributed by atoms with E-state index in [9.17, 15) is 14.7 Å². The molecule has 1 N–H and O–H groups in total. The molecular weight excluding hydrogens is 336 g/mol. The lowest BCUT2D eigenvalue weighted by Gasteiger charge is -2.17. The van der Waals surface area contributed by atoms with E-state index in [0.29, 0.717) is 30.3 Å². The highest BCUT2D eigenvalue weighted by atomic mass is 32.1. The third-order valence-electron chi connectivity index (χ3n) is 5.29. The van der Waals surface area contributed by atoms with E-state index < -0.39 is 11.9 Å². The highest BCUT2D eigenvalue weighted by Gasteiger charge is 2.47. The van der Waals surface area contributed by atoms with Gasteiger partial charge >= 0.3 is 5.97 Å². The maximum Gasteiger partial charge on any atom is 0.308 e. The van der Waals surface area contributed by atoms with Crippen molar-refractivity contribution in [1.82, 2.24) is 9.88 Å². The predicted octanol–water partition coefficient (Wildman–Crippen LogP) is 3.30. The summed E-state index contributed by atoms with van der Waals surface area (Å²) in [7, 11) is 0. The number of hydrogen-bond acceptors (Lipinski definition) is 4. The lowest BCUT2D eigenvalue weighted by Crippen LogP contribution is -2.30. The maximum absolute atomic E-state index is 12.9. The van der Waals surface area contributed by atoms with Gasteiger partial charge < -0.3 is 10.0 Å². The van der Waals surface area contributed by atoms with Gasteiger partial charge in [0.25, 0.3) is 5.91 Å². The molecule has 6 heteroatoms. The molecule has 1 amide bonds. The van der Waals surface area contributed by atoms with Crippen LogP contribution in [0.15, 0.2) is 29.6 Å². The Labute approximate surface area is 150 Å². The maximum atomic E-state index is 12.9. The van der Waals surface area contributed by atoms with Gasteiger partial charge in [0.1, 0.15) is 0 Å². The zero-order valence-corrected chi connectivity index (χ0v) is 14.8. The summed E-state index contributed by atoms with van der Waals surface area (Å²) in [4.78, 5) is 31.8. The van der Waals surface area contributed by atoms with Gasteiger partial charge in [0, 0.05) is 13.1 Å². The lowest BCUT2D eigenvalue weighted by molar-refractivity contribution is -0.142.